The van der Waals surface area contributed by atoms with Crippen molar-refractivity contribution >= 4 is 6.03 Å². The minimum atomic E-state index is -0.417. The molecule has 122 valence electrons. The van der Waals surface area contributed by atoms with E-state index in [9.17, 15) is 15.0 Å². The third kappa shape index (κ3) is 5.00. The van der Waals surface area contributed by atoms with Crippen LogP contribution in [0.1, 0.15) is 37.7 Å². The van der Waals surface area contributed by atoms with E-state index in [0.29, 0.717) is 19.5 Å². The Bertz CT molecular complexity index is 472. The highest BCUT2D eigenvalue weighted by molar-refractivity contribution is 5.74. The van der Waals surface area contributed by atoms with E-state index in [0.717, 1.165) is 18.4 Å². The second kappa shape index (κ2) is 7.61. The van der Waals surface area contributed by atoms with Crippen LogP contribution in [0.2, 0.25) is 0 Å². The number of nitrogens with one attached hydrogen (secondary N) is 2. The molecule has 4 N–H and O–H groups in total. The van der Waals surface area contributed by atoms with Crippen LogP contribution in [0.5, 0.6) is 0 Å². The summed E-state index contributed by atoms with van der Waals surface area (Å²) in [5.41, 5.74) is 1.02. The van der Waals surface area contributed by atoms with Gasteiger partial charge in [0.1, 0.15) is 0 Å². The predicted octanol–water partition coefficient (Wildman–Crippen LogP) is 1.61. The SMILES string of the molecule is CC(O)CC(CNC(=O)NCC1(CO)CC1)c1ccccc1. The largest absolute Gasteiger partial charge is 0.396 e. The number of aliphatic hydroxyl groups is 2. The molecule has 0 aromatic heterocycles. The maximum absolute atomic E-state index is 11.9. The van der Waals surface area contributed by atoms with Crippen molar-refractivity contribution in [1.29, 1.82) is 0 Å². The van der Waals surface area contributed by atoms with Gasteiger partial charge in [-0.2, -0.15) is 0 Å². The van der Waals surface area contributed by atoms with E-state index in [4.69, 9.17) is 0 Å². The fourth-order valence-electron chi connectivity index (χ4n) is 2.59. The average molecular weight is 306 g/mol. The number of amides is 2. The van der Waals surface area contributed by atoms with Crippen molar-refractivity contribution in [3.05, 3.63) is 35.9 Å². The van der Waals surface area contributed by atoms with Gasteiger partial charge in [0, 0.05) is 24.4 Å². The first kappa shape index (κ1) is 16.8. The van der Waals surface area contributed by atoms with E-state index >= 15 is 0 Å². The lowest BCUT2D eigenvalue weighted by atomic mass is 9.93. The smallest absolute Gasteiger partial charge is 0.314 e. The number of urea groups is 1. The van der Waals surface area contributed by atoms with Gasteiger partial charge in [0.2, 0.25) is 0 Å². The molecule has 0 aliphatic heterocycles. The molecule has 22 heavy (non-hydrogen) atoms. The second-order valence-electron chi connectivity index (χ2n) is 6.41. The summed E-state index contributed by atoms with van der Waals surface area (Å²) in [6.07, 6.45) is 2.13. The highest BCUT2D eigenvalue weighted by Gasteiger charge is 2.42. The highest BCUT2D eigenvalue weighted by atomic mass is 16.3. The molecule has 1 aromatic carbocycles. The standard InChI is InChI=1S/C17H26N2O3/c1-13(21)9-15(14-5-3-2-4-6-14)10-18-16(22)19-11-17(12-20)7-8-17/h2-6,13,15,20-21H,7-12H2,1H3,(H2,18,19,22). The van der Waals surface area contributed by atoms with Gasteiger partial charge in [-0.3, -0.25) is 0 Å². The monoisotopic (exact) mass is 306 g/mol. The third-order valence-corrected chi connectivity index (χ3v) is 4.32. The number of carbonyl (C=O) groups is 1. The van der Waals surface area contributed by atoms with Gasteiger partial charge in [0.05, 0.1) is 12.7 Å². The fraction of sp³-hybridized carbons (Fsp3) is 0.588. The van der Waals surface area contributed by atoms with Gasteiger partial charge in [0.25, 0.3) is 0 Å². The molecule has 5 heteroatoms. The Morgan fingerprint density at radius 3 is 2.50 bits per heavy atom. The van der Waals surface area contributed by atoms with Crippen molar-refractivity contribution in [2.45, 2.75) is 38.2 Å². The quantitative estimate of drug-likeness (QED) is 0.589. The Morgan fingerprint density at radius 1 is 1.27 bits per heavy atom. The van der Waals surface area contributed by atoms with Crippen LogP contribution < -0.4 is 10.6 Å². The minimum Gasteiger partial charge on any atom is -0.396 e. The molecule has 2 unspecified atom stereocenters. The Morgan fingerprint density at radius 2 is 1.95 bits per heavy atom. The Labute approximate surface area is 131 Å². The fourth-order valence-corrected chi connectivity index (χ4v) is 2.59. The molecule has 0 saturated heterocycles. The van der Waals surface area contributed by atoms with Crippen LogP contribution in [0.15, 0.2) is 30.3 Å². The average Bonchev–Trinajstić information content (AvgIpc) is 3.30. The van der Waals surface area contributed by atoms with E-state index in [1.165, 1.54) is 0 Å². The van der Waals surface area contributed by atoms with E-state index < -0.39 is 6.10 Å². The zero-order valence-corrected chi connectivity index (χ0v) is 13.1. The maximum Gasteiger partial charge on any atom is 0.314 e. The van der Waals surface area contributed by atoms with Crippen molar-refractivity contribution in [3.8, 4) is 0 Å². The van der Waals surface area contributed by atoms with Gasteiger partial charge in [-0.25, -0.2) is 4.79 Å². The molecule has 2 rings (SSSR count). The molecule has 1 saturated carbocycles. The zero-order chi connectivity index (χ0) is 16.0. The number of benzene rings is 1. The molecule has 0 radical (unpaired) electrons. The van der Waals surface area contributed by atoms with Crippen LogP contribution in [-0.4, -0.2) is 42.0 Å². The lowest BCUT2D eigenvalue weighted by Crippen LogP contribution is -2.41. The highest BCUT2D eigenvalue weighted by Crippen LogP contribution is 2.44. The van der Waals surface area contributed by atoms with Gasteiger partial charge in [-0.15, -0.1) is 0 Å². The summed E-state index contributed by atoms with van der Waals surface area (Å²) in [5.74, 6) is 0.0830. The van der Waals surface area contributed by atoms with Gasteiger partial charge >= 0.3 is 6.03 Å². The molecular formula is C17H26N2O3. The number of hydrogen-bond donors (Lipinski definition) is 4. The number of hydrogen-bond acceptors (Lipinski definition) is 3. The van der Waals surface area contributed by atoms with Crippen LogP contribution >= 0.6 is 0 Å². The van der Waals surface area contributed by atoms with Crippen LogP contribution in [0.4, 0.5) is 4.79 Å². The van der Waals surface area contributed by atoms with Crippen LogP contribution in [0.25, 0.3) is 0 Å². The topological polar surface area (TPSA) is 81.6 Å². The molecule has 1 aliphatic carbocycles. The van der Waals surface area contributed by atoms with E-state index in [1.54, 1.807) is 6.92 Å². The summed E-state index contributed by atoms with van der Waals surface area (Å²) in [5, 5.41) is 24.6. The summed E-state index contributed by atoms with van der Waals surface area (Å²) in [6.45, 7) is 2.88. The summed E-state index contributed by atoms with van der Waals surface area (Å²) < 4.78 is 0. The van der Waals surface area contributed by atoms with Gasteiger partial charge in [-0.1, -0.05) is 30.3 Å². The van der Waals surface area contributed by atoms with Gasteiger partial charge < -0.3 is 20.8 Å². The first-order valence-electron chi connectivity index (χ1n) is 7.90. The van der Waals surface area contributed by atoms with Gasteiger partial charge in [-0.05, 0) is 31.7 Å². The second-order valence-corrected chi connectivity index (χ2v) is 6.41. The molecule has 1 aliphatic rings. The van der Waals surface area contributed by atoms with E-state index in [2.05, 4.69) is 10.6 Å². The molecule has 0 spiro atoms. The molecule has 0 heterocycles. The molecule has 1 fully saturated rings. The molecule has 0 bridgehead atoms. The molecule has 2 amide bonds. The molecule has 5 nitrogen and oxygen atoms in total. The third-order valence-electron chi connectivity index (χ3n) is 4.32. The summed E-state index contributed by atoms with van der Waals surface area (Å²) in [4.78, 5) is 11.9. The number of carbonyl (C=O) groups excluding carboxylic acids is 1. The first-order chi connectivity index (χ1) is 10.5. The zero-order valence-electron chi connectivity index (χ0n) is 13.1. The lowest BCUT2D eigenvalue weighted by molar-refractivity contribution is 0.172. The minimum absolute atomic E-state index is 0.0830. The number of aliphatic hydroxyl groups excluding tert-OH is 2. The molecule has 1 aromatic rings. The normalized spacial score (nSPS) is 18.3. The summed E-state index contributed by atoms with van der Waals surface area (Å²) >= 11 is 0. The maximum atomic E-state index is 11.9. The van der Waals surface area contributed by atoms with Crippen molar-refractivity contribution in [2.24, 2.45) is 5.41 Å². The van der Waals surface area contributed by atoms with E-state index in [-0.39, 0.29) is 24.0 Å². The molecule has 2 atom stereocenters. The van der Waals surface area contributed by atoms with E-state index in [1.807, 2.05) is 30.3 Å². The first-order valence-corrected chi connectivity index (χ1v) is 7.90. The van der Waals surface area contributed by atoms with Crippen molar-refractivity contribution in [3.63, 3.8) is 0 Å². The molecular weight excluding hydrogens is 280 g/mol. The van der Waals surface area contributed by atoms with Gasteiger partial charge in [0.15, 0.2) is 0 Å². The van der Waals surface area contributed by atoms with Crippen molar-refractivity contribution in [1.82, 2.24) is 10.6 Å². The van der Waals surface area contributed by atoms with Crippen LogP contribution in [-0.2, 0) is 0 Å². The Hall–Kier alpha value is -1.59. The summed E-state index contributed by atoms with van der Waals surface area (Å²) in [6, 6.07) is 9.68. The van der Waals surface area contributed by atoms with Crippen LogP contribution in [0, 0.1) is 5.41 Å². The van der Waals surface area contributed by atoms with Crippen LogP contribution in [0.3, 0.4) is 0 Å². The predicted molar refractivity (Wildman–Crippen MR) is 85.6 cm³/mol. The lowest BCUT2D eigenvalue weighted by Gasteiger charge is -2.20. The Balaban J connectivity index is 1.81. The number of rotatable bonds is 8. The Kier molecular flexibility index (Phi) is 5.80. The van der Waals surface area contributed by atoms with Crippen molar-refractivity contribution in [2.75, 3.05) is 19.7 Å². The summed E-state index contributed by atoms with van der Waals surface area (Å²) in [7, 11) is 0. The van der Waals surface area contributed by atoms with Crippen molar-refractivity contribution < 1.29 is 15.0 Å².